The Labute approximate surface area is 179 Å². The lowest BCUT2D eigenvalue weighted by atomic mass is 10.1. The van der Waals surface area contributed by atoms with Crippen molar-refractivity contribution in [2.75, 3.05) is 11.4 Å². The molecule has 1 amide bonds. The lowest BCUT2D eigenvalue weighted by molar-refractivity contribution is -0.117. The molecule has 0 radical (unpaired) electrons. The molecule has 3 aromatic carbocycles. The number of para-hydroxylation sites is 1. The largest absolute Gasteiger partial charge is 0.311 e. The number of hydrogen-bond acceptors (Lipinski definition) is 4. The fraction of sp³-hybridized carbons (Fsp3) is 0.160. The molecule has 0 saturated carbocycles. The van der Waals surface area contributed by atoms with E-state index in [1.807, 2.05) is 72.5 Å². The van der Waals surface area contributed by atoms with Crippen molar-refractivity contribution in [3.8, 4) is 11.3 Å². The Morgan fingerprint density at radius 2 is 1.60 bits per heavy atom. The van der Waals surface area contributed by atoms with Gasteiger partial charge >= 0.3 is 0 Å². The molecule has 1 aliphatic heterocycles. The van der Waals surface area contributed by atoms with Crippen LogP contribution in [0.5, 0.6) is 0 Å². The topological polar surface area (TPSA) is 46.1 Å². The van der Waals surface area contributed by atoms with E-state index < -0.39 is 0 Å². The summed E-state index contributed by atoms with van der Waals surface area (Å²) in [5, 5.41) is 11.7. The molecule has 4 nitrogen and oxygen atoms in total. The van der Waals surface area contributed by atoms with Gasteiger partial charge in [0.1, 0.15) is 10.7 Å². The van der Waals surface area contributed by atoms with Crippen molar-refractivity contribution in [2.45, 2.75) is 23.6 Å². The first-order chi connectivity index (χ1) is 14.7. The standard InChI is InChI=1S/C25H21N3OS/c1-17(25(29)28-16-15-18-9-5-8-14-22(18)28)30-24-21-13-7-6-12-20(21)23(26-27-24)19-10-3-2-4-11-19/h2-14,17H,15-16H2,1H3/t17-/m1/s1. The molecule has 4 aromatic rings. The fourth-order valence-electron chi connectivity index (χ4n) is 3.98. The zero-order chi connectivity index (χ0) is 20.5. The van der Waals surface area contributed by atoms with Gasteiger partial charge in [-0.15, -0.1) is 10.2 Å². The van der Waals surface area contributed by atoms with Crippen molar-refractivity contribution in [1.29, 1.82) is 0 Å². The maximum absolute atomic E-state index is 13.2. The van der Waals surface area contributed by atoms with Gasteiger partial charge in [-0.2, -0.15) is 0 Å². The van der Waals surface area contributed by atoms with Crippen LogP contribution in [0.4, 0.5) is 5.69 Å². The first-order valence-corrected chi connectivity index (χ1v) is 11.0. The fourth-order valence-corrected chi connectivity index (χ4v) is 4.94. The molecule has 0 aliphatic carbocycles. The molecule has 0 N–H and O–H groups in total. The van der Waals surface area contributed by atoms with E-state index in [0.717, 1.165) is 45.7 Å². The van der Waals surface area contributed by atoms with Gasteiger partial charge in [-0.3, -0.25) is 4.79 Å². The van der Waals surface area contributed by atoms with Crippen LogP contribution in [0.15, 0.2) is 83.9 Å². The van der Waals surface area contributed by atoms with Crippen molar-refractivity contribution in [3.05, 3.63) is 84.4 Å². The van der Waals surface area contributed by atoms with E-state index >= 15 is 0 Å². The van der Waals surface area contributed by atoms with Gasteiger partial charge in [0.05, 0.1) is 5.25 Å². The van der Waals surface area contributed by atoms with Crippen LogP contribution in [-0.4, -0.2) is 27.9 Å². The van der Waals surface area contributed by atoms with Gasteiger partial charge in [0, 0.05) is 28.6 Å². The molecule has 0 saturated heterocycles. The molecule has 5 heteroatoms. The average molecular weight is 412 g/mol. The van der Waals surface area contributed by atoms with E-state index in [9.17, 15) is 4.79 Å². The smallest absolute Gasteiger partial charge is 0.240 e. The number of carbonyl (C=O) groups excluding carboxylic acids is 1. The Hall–Kier alpha value is -3.18. The highest BCUT2D eigenvalue weighted by Gasteiger charge is 2.29. The highest BCUT2D eigenvalue weighted by atomic mass is 32.2. The van der Waals surface area contributed by atoms with Crippen molar-refractivity contribution in [2.24, 2.45) is 0 Å². The Morgan fingerprint density at radius 3 is 2.43 bits per heavy atom. The number of thioether (sulfide) groups is 1. The maximum Gasteiger partial charge on any atom is 0.240 e. The van der Waals surface area contributed by atoms with Crippen molar-refractivity contribution < 1.29 is 4.79 Å². The van der Waals surface area contributed by atoms with Crippen LogP contribution in [0.1, 0.15) is 12.5 Å². The van der Waals surface area contributed by atoms with Crippen LogP contribution < -0.4 is 4.90 Å². The summed E-state index contributed by atoms with van der Waals surface area (Å²) < 4.78 is 0. The molecule has 0 spiro atoms. The van der Waals surface area contributed by atoms with Crippen molar-refractivity contribution >= 4 is 34.1 Å². The quantitative estimate of drug-likeness (QED) is 0.424. The SMILES string of the molecule is C[C@@H](Sc1nnc(-c2ccccc2)c2ccccc12)C(=O)N1CCc2ccccc21. The molecule has 1 aromatic heterocycles. The number of nitrogens with zero attached hydrogens (tertiary/aromatic N) is 3. The summed E-state index contributed by atoms with van der Waals surface area (Å²) in [6, 6.07) is 26.4. The number of carbonyl (C=O) groups is 1. The van der Waals surface area contributed by atoms with Gasteiger partial charge in [0.2, 0.25) is 5.91 Å². The molecule has 5 rings (SSSR count). The number of rotatable bonds is 4. The second-order valence-electron chi connectivity index (χ2n) is 7.39. The molecule has 148 valence electrons. The number of aromatic nitrogens is 2. The highest BCUT2D eigenvalue weighted by Crippen LogP contribution is 2.35. The molecule has 0 unspecified atom stereocenters. The van der Waals surface area contributed by atoms with E-state index in [0.29, 0.717) is 0 Å². The summed E-state index contributed by atoms with van der Waals surface area (Å²) in [5.74, 6) is 0.114. The Morgan fingerprint density at radius 1 is 0.900 bits per heavy atom. The normalized spacial score (nSPS) is 14.0. The first kappa shape index (κ1) is 18.8. The zero-order valence-electron chi connectivity index (χ0n) is 16.7. The van der Waals surface area contributed by atoms with Gasteiger partial charge in [0.15, 0.2) is 0 Å². The van der Waals surface area contributed by atoms with Crippen LogP contribution in [0.3, 0.4) is 0 Å². The molecular formula is C25H21N3OS. The van der Waals surface area contributed by atoms with E-state index in [4.69, 9.17) is 0 Å². The second kappa shape index (κ2) is 7.92. The number of fused-ring (bicyclic) bond motifs is 2. The third-order valence-corrected chi connectivity index (χ3v) is 6.57. The van der Waals surface area contributed by atoms with E-state index in [1.54, 1.807) is 0 Å². The molecule has 1 atom stereocenters. The maximum atomic E-state index is 13.2. The van der Waals surface area contributed by atoms with Crippen LogP contribution in [0, 0.1) is 0 Å². The molecule has 30 heavy (non-hydrogen) atoms. The third-order valence-electron chi connectivity index (χ3n) is 5.49. The summed E-state index contributed by atoms with van der Waals surface area (Å²) in [6.45, 7) is 2.69. The van der Waals surface area contributed by atoms with Crippen LogP contribution in [0.25, 0.3) is 22.0 Å². The minimum atomic E-state index is -0.253. The Kier molecular flexibility index (Phi) is 4.97. The minimum absolute atomic E-state index is 0.114. The molecule has 2 heterocycles. The lowest BCUT2D eigenvalue weighted by Crippen LogP contribution is -2.35. The van der Waals surface area contributed by atoms with Gasteiger partial charge in [-0.1, -0.05) is 84.6 Å². The molecular weight excluding hydrogens is 390 g/mol. The van der Waals surface area contributed by atoms with Crippen molar-refractivity contribution in [3.63, 3.8) is 0 Å². The number of anilines is 1. The zero-order valence-corrected chi connectivity index (χ0v) is 17.5. The van der Waals surface area contributed by atoms with E-state index in [2.05, 4.69) is 28.4 Å². The predicted molar refractivity (Wildman–Crippen MR) is 123 cm³/mol. The summed E-state index contributed by atoms with van der Waals surface area (Å²) in [5.41, 5.74) is 4.17. The van der Waals surface area contributed by atoms with Crippen molar-refractivity contribution in [1.82, 2.24) is 10.2 Å². The molecule has 0 fully saturated rings. The first-order valence-electron chi connectivity index (χ1n) is 10.1. The predicted octanol–water partition coefficient (Wildman–Crippen LogP) is 5.37. The molecule has 0 bridgehead atoms. The van der Waals surface area contributed by atoms with Gasteiger partial charge in [0.25, 0.3) is 0 Å². The Balaban J connectivity index is 1.45. The second-order valence-corrected chi connectivity index (χ2v) is 8.72. The van der Waals surface area contributed by atoms with Crippen LogP contribution in [0.2, 0.25) is 0 Å². The van der Waals surface area contributed by atoms with Crippen LogP contribution >= 0.6 is 11.8 Å². The summed E-state index contributed by atoms with van der Waals surface area (Å²) in [4.78, 5) is 15.1. The number of benzene rings is 3. The van der Waals surface area contributed by atoms with E-state index in [1.165, 1.54) is 17.3 Å². The van der Waals surface area contributed by atoms with Gasteiger partial charge < -0.3 is 4.90 Å². The lowest BCUT2D eigenvalue weighted by Gasteiger charge is -2.21. The monoisotopic (exact) mass is 411 g/mol. The summed E-state index contributed by atoms with van der Waals surface area (Å²) in [6.07, 6.45) is 0.911. The Bertz CT molecular complexity index is 1230. The summed E-state index contributed by atoms with van der Waals surface area (Å²) in [7, 11) is 0. The minimum Gasteiger partial charge on any atom is -0.311 e. The summed E-state index contributed by atoms with van der Waals surface area (Å²) >= 11 is 1.48. The highest BCUT2D eigenvalue weighted by molar-refractivity contribution is 8.00. The number of amides is 1. The van der Waals surface area contributed by atoms with Gasteiger partial charge in [-0.25, -0.2) is 0 Å². The number of hydrogen-bond donors (Lipinski definition) is 0. The third kappa shape index (κ3) is 3.35. The molecule has 1 aliphatic rings. The van der Waals surface area contributed by atoms with E-state index in [-0.39, 0.29) is 11.2 Å². The van der Waals surface area contributed by atoms with Crippen LogP contribution in [-0.2, 0) is 11.2 Å². The average Bonchev–Trinajstić information content (AvgIpc) is 3.23. The van der Waals surface area contributed by atoms with Gasteiger partial charge in [-0.05, 0) is 25.0 Å².